The fourth-order valence-electron chi connectivity index (χ4n) is 5.96. The lowest BCUT2D eigenvalue weighted by atomic mass is 9.87. The van der Waals surface area contributed by atoms with Crippen LogP contribution in [0.4, 0.5) is 19.0 Å². The molecule has 6 rings (SSSR count). The zero-order valence-electron chi connectivity index (χ0n) is 21.6. The Bertz CT molecular complexity index is 1510. The summed E-state index contributed by atoms with van der Waals surface area (Å²) in [5.41, 5.74) is 1.53. The van der Waals surface area contributed by atoms with Gasteiger partial charge in [-0.25, -0.2) is 4.98 Å². The van der Waals surface area contributed by atoms with Gasteiger partial charge in [-0.15, -0.1) is 4.59 Å². The number of quaternary nitrogens is 1. The van der Waals surface area contributed by atoms with E-state index in [1.807, 2.05) is 4.90 Å². The number of rotatable bonds is 4. The third kappa shape index (κ3) is 4.42. The van der Waals surface area contributed by atoms with Gasteiger partial charge < -0.3 is 10.2 Å². The van der Waals surface area contributed by atoms with Gasteiger partial charge in [0.15, 0.2) is 0 Å². The number of aliphatic imine (C=N–C) groups is 2. The van der Waals surface area contributed by atoms with Crippen molar-refractivity contribution in [3.8, 4) is 0 Å². The van der Waals surface area contributed by atoms with E-state index in [-0.39, 0.29) is 33.8 Å². The smallest absolute Gasteiger partial charge is 0.339 e. The monoisotopic (exact) mass is 550 g/mol. The molecular formula is C28H27F3N7O2+. The minimum Gasteiger partial charge on any atom is -0.339 e. The molecule has 2 saturated heterocycles. The van der Waals surface area contributed by atoms with E-state index in [2.05, 4.69) is 22.2 Å². The normalized spacial score (nSPS) is 27.5. The van der Waals surface area contributed by atoms with Crippen LogP contribution in [0.5, 0.6) is 0 Å². The van der Waals surface area contributed by atoms with Gasteiger partial charge in [0.05, 0.1) is 23.5 Å². The lowest BCUT2D eigenvalue weighted by Crippen LogP contribution is -2.53. The molecule has 2 aromatic rings. The predicted molar refractivity (Wildman–Crippen MR) is 141 cm³/mol. The van der Waals surface area contributed by atoms with Gasteiger partial charge in [0.25, 0.3) is 11.7 Å². The molecule has 2 fully saturated rings. The summed E-state index contributed by atoms with van der Waals surface area (Å²) in [5.74, 6) is 7.13. The van der Waals surface area contributed by atoms with E-state index in [9.17, 15) is 22.8 Å². The molecule has 12 heteroatoms. The van der Waals surface area contributed by atoms with Crippen LogP contribution in [-0.4, -0.2) is 50.9 Å². The third-order valence-corrected chi connectivity index (χ3v) is 8.05. The van der Waals surface area contributed by atoms with Crippen LogP contribution in [-0.2, 0) is 11.0 Å². The summed E-state index contributed by atoms with van der Waals surface area (Å²) in [7, 11) is 0. The molecule has 1 unspecified atom stereocenters. The fourth-order valence-corrected chi connectivity index (χ4v) is 5.96. The zero-order valence-corrected chi connectivity index (χ0v) is 21.6. The van der Waals surface area contributed by atoms with Crippen LogP contribution in [0.25, 0.3) is 0 Å². The number of fused-ring (bicyclic) bond motifs is 2. The van der Waals surface area contributed by atoms with Crippen molar-refractivity contribution in [3.63, 3.8) is 0 Å². The number of amidine groups is 1. The van der Waals surface area contributed by atoms with Crippen molar-refractivity contribution >= 4 is 29.7 Å². The number of anilines is 1. The summed E-state index contributed by atoms with van der Waals surface area (Å²) in [6.07, 6.45) is 3.85. The number of hydrogen-bond acceptors (Lipinski definition) is 6. The van der Waals surface area contributed by atoms with Crippen LogP contribution in [0, 0.1) is 11.8 Å². The van der Waals surface area contributed by atoms with Crippen LogP contribution >= 0.6 is 0 Å². The first kappa shape index (κ1) is 26.1. The number of carbonyl (C=O) groups is 2. The highest BCUT2D eigenvalue weighted by Gasteiger charge is 2.49. The maximum atomic E-state index is 13.0. The highest BCUT2D eigenvalue weighted by atomic mass is 19.4. The third-order valence-electron chi connectivity index (χ3n) is 8.05. The Hall–Kier alpha value is -4.16. The van der Waals surface area contributed by atoms with Crippen LogP contribution in [0.15, 0.2) is 76.4 Å². The number of hydrogen-bond donors (Lipinski definition) is 2. The van der Waals surface area contributed by atoms with Gasteiger partial charge in [-0.3, -0.25) is 14.6 Å². The lowest BCUT2D eigenvalue weighted by molar-refractivity contribution is -0.750. The Labute approximate surface area is 228 Å². The Balaban J connectivity index is 1.24. The van der Waals surface area contributed by atoms with Crippen LogP contribution in [0.3, 0.4) is 0 Å². The van der Waals surface area contributed by atoms with Crippen molar-refractivity contribution in [1.29, 1.82) is 0 Å². The molecule has 206 valence electrons. The molecule has 4 aliphatic heterocycles. The molecule has 0 spiro atoms. The van der Waals surface area contributed by atoms with Gasteiger partial charge in [0.1, 0.15) is 17.7 Å². The molecule has 0 aliphatic carbocycles. The standard InChI is InChI=1S/C28H26F3N7O2/c1-16-12-24(39)37-15-19(6-7-21(16)37)25-22-14-33-10-11-38(22,32)26(36-25)17-2-4-18(5-3-17)27(40)35-23-13-20(8-9-34-23)28(29,30)31/h2-5,8-11,13-14,16,19,21H,6-7,12,15,32H2,1H3/p+1/t16-,19+,21+,38?/m0/s1. The number of nitrogens with zero attached hydrogens (tertiary/aromatic N) is 5. The average Bonchev–Trinajstić information content (AvgIpc) is 3.40. The summed E-state index contributed by atoms with van der Waals surface area (Å²) in [6.45, 7) is 2.71. The number of amides is 2. The van der Waals surface area contributed by atoms with Gasteiger partial charge in [-0.2, -0.15) is 24.0 Å². The Morgan fingerprint density at radius 2 is 1.95 bits per heavy atom. The number of carbonyl (C=O) groups excluding carboxylic acids is 2. The number of halogens is 3. The molecule has 3 N–H and O–H groups in total. The van der Waals surface area contributed by atoms with Gasteiger partial charge in [0.2, 0.25) is 11.6 Å². The molecule has 9 nitrogen and oxygen atoms in total. The van der Waals surface area contributed by atoms with E-state index in [4.69, 9.17) is 10.8 Å². The summed E-state index contributed by atoms with van der Waals surface area (Å²) in [5, 5.41) is 2.41. The van der Waals surface area contributed by atoms with Crippen molar-refractivity contribution in [2.45, 2.75) is 38.4 Å². The topological polar surface area (TPSA) is 113 Å². The molecule has 40 heavy (non-hydrogen) atoms. The minimum atomic E-state index is -4.55. The van der Waals surface area contributed by atoms with Gasteiger partial charge in [0, 0.05) is 36.7 Å². The van der Waals surface area contributed by atoms with Gasteiger partial charge in [-0.05, 0) is 55.2 Å². The second-order valence-electron chi connectivity index (χ2n) is 10.6. The molecule has 0 bridgehead atoms. The molecular weight excluding hydrogens is 523 g/mol. The highest BCUT2D eigenvalue weighted by Crippen LogP contribution is 2.41. The van der Waals surface area contributed by atoms with Crippen LogP contribution < -0.4 is 11.2 Å². The van der Waals surface area contributed by atoms with E-state index in [1.54, 1.807) is 42.9 Å². The number of benzene rings is 1. The van der Waals surface area contributed by atoms with Crippen molar-refractivity contribution in [1.82, 2.24) is 9.88 Å². The Morgan fingerprint density at radius 3 is 2.70 bits per heavy atom. The summed E-state index contributed by atoms with van der Waals surface area (Å²) >= 11 is 0. The van der Waals surface area contributed by atoms with Crippen LogP contribution in [0.2, 0.25) is 0 Å². The fraction of sp³-hybridized carbons (Fsp3) is 0.321. The maximum Gasteiger partial charge on any atom is 0.416 e. The number of aromatic nitrogens is 1. The van der Waals surface area contributed by atoms with E-state index in [1.165, 1.54) is 0 Å². The van der Waals surface area contributed by atoms with E-state index in [0.29, 0.717) is 30.3 Å². The number of pyridine rings is 1. The first-order chi connectivity index (χ1) is 19.0. The molecule has 0 radical (unpaired) electrons. The quantitative estimate of drug-likeness (QED) is 0.439. The molecule has 2 amide bonds. The van der Waals surface area contributed by atoms with E-state index < -0.39 is 17.6 Å². The maximum absolute atomic E-state index is 13.0. The second kappa shape index (κ2) is 9.49. The van der Waals surface area contributed by atoms with Crippen LogP contribution in [0.1, 0.15) is 47.7 Å². The average molecular weight is 551 g/mol. The van der Waals surface area contributed by atoms with Crippen molar-refractivity contribution in [2.75, 3.05) is 11.9 Å². The molecule has 1 aromatic heterocycles. The molecule has 0 saturated carbocycles. The lowest BCUT2D eigenvalue weighted by Gasteiger charge is -2.36. The molecule has 4 aliphatic rings. The summed E-state index contributed by atoms with van der Waals surface area (Å²) in [4.78, 5) is 40.4. The summed E-state index contributed by atoms with van der Waals surface area (Å²) in [6, 6.07) is 8.39. The predicted octanol–water partition coefficient (Wildman–Crippen LogP) is 4.22. The van der Waals surface area contributed by atoms with Crippen molar-refractivity contribution < 1.29 is 27.4 Å². The van der Waals surface area contributed by atoms with Gasteiger partial charge in [-0.1, -0.05) is 6.92 Å². The molecule has 1 aromatic carbocycles. The first-order valence-electron chi connectivity index (χ1n) is 13.0. The molecule has 5 heterocycles. The second-order valence-corrected chi connectivity index (χ2v) is 10.6. The van der Waals surface area contributed by atoms with Gasteiger partial charge >= 0.3 is 6.18 Å². The SMILES string of the molecule is C[C@H]1CC(=O)N2C[C@H](C3=C4C=NC=C[N+]4(N)C(c4ccc(C(=O)Nc5cc(C(F)(F)F)ccn5)cc4)=N3)CC[C@H]12. The van der Waals surface area contributed by atoms with Crippen molar-refractivity contribution in [2.24, 2.45) is 27.7 Å². The first-order valence-corrected chi connectivity index (χ1v) is 13.0. The number of allylic oxidation sites excluding steroid dienone is 1. The summed E-state index contributed by atoms with van der Waals surface area (Å²) < 4.78 is 38.8. The number of piperidine rings is 1. The van der Waals surface area contributed by atoms with E-state index >= 15 is 0 Å². The Kier molecular flexibility index (Phi) is 6.19. The molecule has 4 atom stereocenters. The Morgan fingerprint density at radius 1 is 1.18 bits per heavy atom. The minimum absolute atomic E-state index is 0.0158. The van der Waals surface area contributed by atoms with Crippen molar-refractivity contribution in [3.05, 3.63) is 83.1 Å². The highest BCUT2D eigenvalue weighted by molar-refractivity contribution is 6.05. The zero-order chi connectivity index (χ0) is 28.2. The largest absolute Gasteiger partial charge is 0.416 e. The number of alkyl halides is 3. The van der Waals surface area contributed by atoms with E-state index in [0.717, 1.165) is 42.6 Å². The number of nitrogens with two attached hydrogens (primary N) is 1. The number of nitrogens with one attached hydrogen (secondary N) is 1.